The lowest BCUT2D eigenvalue weighted by Crippen LogP contribution is -2.28. The van der Waals surface area contributed by atoms with Crippen LogP contribution in [0.4, 0.5) is 5.82 Å². The van der Waals surface area contributed by atoms with E-state index in [-0.39, 0.29) is 11.8 Å². The Morgan fingerprint density at radius 3 is 2.58 bits per heavy atom. The maximum Gasteiger partial charge on any atom is 0.228 e. The molecule has 2 rings (SSSR count). The van der Waals surface area contributed by atoms with Crippen LogP contribution in [-0.4, -0.2) is 24.1 Å². The van der Waals surface area contributed by atoms with Gasteiger partial charge in [0.25, 0.3) is 0 Å². The molecule has 1 fully saturated rings. The summed E-state index contributed by atoms with van der Waals surface area (Å²) in [6, 6.07) is 3.85. The molecule has 1 N–H and O–H groups in total. The number of aromatic nitrogens is 1. The molecule has 1 aromatic heterocycles. The van der Waals surface area contributed by atoms with Crippen molar-refractivity contribution in [2.24, 2.45) is 5.92 Å². The highest BCUT2D eigenvalue weighted by Gasteiger charge is 2.21. The summed E-state index contributed by atoms with van der Waals surface area (Å²) < 4.78 is 5.23. The second kappa shape index (κ2) is 8.64. The predicted octanol–water partition coefficient (Wildman–Crippen LogP) is 3.04. The third-order valence-corrected chi connectivity index (χ3v) is 3.08. The summed E-state index contributed by atoms with van der Waals surface area (Å²) in [4.78, 5) is 16.1. The Bertz CT molecular complexity index is 370. The van der Waals surface area contributed by atoms with Gasteiger partial charge in [-0.25, -0.2) is 4.98 Å². The van der Waals surface area contributed by atoms with Crippen molar-refractivity contribution < 1.29 is 9.53 Å². The third kappa shape index (κ3) is 4.99. The molecule has 2 heterocycles. The minimum Gasteiger partial charge on any atom is -0.381 e. The molecule has 19 heavy (non-hydrogen) atoms. The Hall–Kier alpha value is -1.42. The molecular formula is C15H24N2O2. The average molecular weight is 264 g/mol. The van der Waals surface area contributed by atoms with Crippen molar-refractivity contribution >= 4 is 11.7 Å². The standard InChI is InChI=1S/C13H18N2O2.C2H6/c1-2-10-3-4-12(14-9-10)15-13(16)11-5-7-17-8-6-11;1-2/h3-4,9,11H,2,5-8H2,1H3,(H,14,15,16);1-2H3. The molecule has 0 aromatic carbocycles. The largest absolute Gasteiger partial charge is 0.381 e. The first-order valence-corrected chi connectivity index (χ1v) is 7.13. The molecule has 0 radical (unpaired) electrons. The van der Waals surface area contributed by atoms with Crippen LogP contribution in [-0.2, 0) is 16.0 Å². The molecule has 106 valence electrons. The van der Waals surface area contributed by atoms with Crippen molar-refractivity contribution in [1.29, 1.82) is 0 Å². The molecule has 0 aliphatic carbocycles. The van der Waals surface area contributed by atoms with Crippen LogP contribution >= 0.6 is 0 Å². The van der Waals surface area contributed by atoms with Crippen LogP contribution in [0.2, 0.25) is 0 Å². The van der Waals surface area contributed by atoms with E-state index in [4.69, 9.17) is 4.74 Å². The minimum atomic E-state index is 0.0602. The Morgan fingerprint density at radius 2 is 2.05 bits per heavy atom. The Morgan fingerprint density at radius 1 is 1.37 bits per heavy atom. The van der Waals surface area contributed by atoms with E-state index < -0.39 is 0 Å². The molecule has 0 bridgehead atoms. The van der Waals surface area contributed by atoms with E-state index in [0.717, 1.165) is 19.3 Å². The van der Waals surface area contributed by atoms with Gasteiger partial charge in [-0.05, 0) is 30.9 Å². The zero-order valence-corrected chi connectivity index (χ0v) is 12.1. The summed E-state index contributed by atoms with van der Waals surface area (Å²) in [5.41, 5.74) is 1.18. The smallest absolute Gasteiger partial charge is 0.228 e. The molecule has 1 aliphatic rings. The number of carbonyl (C=O) groups excluding carboxylic acids is 1. The van der Waals surface area contributed by atoms with Gasteiger partial charge in [-0.2, -0.15) is 0 Å². The summed E-state index contributed by atoms with van der Waals surface area (Å²) in [7, 11) is 0. The second-order valence-corrected chi connectivity index (χ2v) is 4.28. The topological polar surface area (TPSA) is 51.2 Å². The van der Waals surface area contributed by atoms with Gasteiger partial charge < -0.3 is 10.1 Å². The molecule has 4 nitrogen and oxygen atoms in total. The average Bonchev–Trinajstić information content (AvgIpc) is 2.51. The van der Waals surface area contributed by atoms with Crippen LogP contribution in [0.25, 0.3) is 0 Å². The fourth-order valence-electron chi connectivity index (χ4n) is 1.90. The first-order chi connectivity index (χ1) is 9.29. The summed E-state index contributed by atoms with van der Waals surface area (Å²) in [5.74, 6) is 0.764. The quantitative estimate of drug-likeness (QED) is 0.913. The van der Waals surface area contributed by atoms with Crippen molar-refractivity contribution in [3.63, 3.8) is 0 Å². The van der Waals surface area contributed by atoms with Crippen LogP contribution in [0.5, 0.6) is 0 Å². The molecule has 1 aromatic rings. The van der Waals surface area contributed by atoms with Gasteiger partial charge in [0.05, 0.1) is 0 Å². The summed E-state index contributed by atoms with van der Waals surface area (Å²) in [6.45, 7) is 7.44. The van der Waals surface area contributed by atoms with Gasteiger partial charge >= 0.3 is 0 Å². The number of hydrogen-bond donors (Lipinski definition) is 1. The maximum atomic E-state index is 11.9. The highest BCUT2D eigenvalue weighted by Crippen LogP contribution is 2.16. The Balaban J connectivity index is 0.000000861. The summed E-state index contributed by atoms with van der Waals surface area (Å²) in [6.07, 6.45) is 4.37. The van der Waals surface area contributed by atoms with Gasteiger partial charge in [0.15, 0.2) is 0 Å². The molecule has 4 heteroatoms. The van der Waals surface area contributed by atoms with Gasteiger partial charge in [-0.15, -0.1) is 0 Å². The molecule has 0 saturated carbocycles. The number of nitrogens with zero attached hydrogens (tertiary/aromatic N) is 1. The van der Waals surface area contributed by atoms with Gasteiger partial charge in [0.1, 0.15) is 5.82 Å². The zero-order valence-electron chi connectivity index (χ0n) is 12.1. The molecule has 1 saturated heterocycles. The van der Waals surface area contributed by atoms with E-state index in [0.29, 0.717) is 19.0 Å². The number of pyridine rings is 1. The molecule has 0 unspecified atom stereocenters. The highest BCUT2D eigenvalue weighted by atomic mass is 16.5. The second-order valence-electron chi connectivity index (χ2n) is 4.28. The van der Waals surface area contributed by atoms with E-state index in [2.05, 4.69) is 17.2 Å². The van der Waals surface area contributed by atoms with Crippen molar-refractivity contribution in [3.05, 3.63) is 23.9 Å². The third-order valence-electron chi connectivity index (χ3n) is 3.08. The van der Waals surface area contributed by atoms with E-state index in [1.54, 1.807) is 6.20 Å². The van der Waals surface area contributed by atoms with E-state index in [1.807, 2.05) is 26.0 Å². The van der Waals surface area contributed by atoms with Gasteiger partial charge in [0.2, 0.25) is 5.91 Å². The van der Waals surface area contributed by atoms with Crippen LogP contribution in [0.1, 0.15) is 39.2 Å². The van der Waals surface area contributed by atoms with Crippen molar-refractivity contribution in [2.75, 3.05) is 18.5 Å². The molecule has 1 amide bonds. The number of carbonyl (C=O) groups is 1. The normalized spacial score (nSPS) is 15.3. The maximum absolute atomic E-state index is 11.9. The summed E-state index contributed by atoms with van der Waals surface area (Å²) >= 11 is 0. The monoisotopic (exact) mass is 264 g/mol. The fraction of sp³-hybridized carbons (Fsp3) is 0.600. The van der Waals surface area contributed by atoms with Crippen molar-refractivity contribution in [3.8, 4) is 0 Å². The summed E-state index contributed by atoms with van der Waals surface area (Å²) in [5, 5.41) is 2.86. The fourth-order valence-corrected chi connectivity index (χ4v) is 1.90. The molecule has 0 atom stereocenters. The van der Waals surface area contributed by atoms with Crippen LogP contribution < -0.4 is 5.32 Å². The zero-order chi connectivity index (χ0) is 14.1. The van der Waals surface area contributed by atoms with Crippen molar-refractivity contribution in [1.82, 2.24) is 4.98 Å². The van der Waals surface area contributed by atoms with E-state index in [1.165, 1.54) is 5.56 Å². The van der Waals surface area contributed by atoms with Gasteiger partial charge in [-0.1, -0.05) is 26.8 Å². The van der Waals surface area contributed by atoms with Gasteiger partial charge in [0, 0.05) is 25.3 Å². The number of ether oxygens (including phenoxy) is 1. The first kappa shape index (κ1) is 15.6. The Kier molecular flexibility index (Phi) is 7.11. The molecule has 0 spiro atoms. The first-order valence-electron chi connectivity index (χ1n) is 7.13. The minimum absolute atomic E-state index is 0.0602. The number of rotatable bonds is 3. The van der Waals surface area contributed by atoms with E-state index >= 15 is 0 Å². The van der Waals surface area contributed by atoms with Crippen LogP contribution in [0.3, 0.4) is 0 Å². The lowest BCUT2D eigenvalue weighted by molar-refractivity contribution is -0.122. The van der Waals surface area contributed by atoms with Crippen LogP contribution in [0.15, 0.2) is 18.3 Å². The number of amides is 1. The van der Waals surface area contributed by atoms with Crippen LogP contribution in [0, 0.1) is 5.92 Å². The predicted molar refractivity (Wildman–Crippen MR) is 77.1 cm³/mol. The number of anilines is 1. The van der Waals surface area contributed by atoms with E-state index in [9.17, 15) is 4.79 Å². The molecule has 1 aliphatic heterocycles. The van der Waals surface area contributed by atoms with Crippen molar-refractivity contribution in [2.45, 2.75) is 40.0 Å². The molecular weight excluding hydrogens is 240 g/mol. The lowest BCUT2D eigenvalue weighted by atomic mass is 9.99. The lowest BCUT2D eigenvalue weighted by Gasteiger charge is -2.20. The number of hydrogen-bond acceptors (Lipinski definition) is 3. The SMILES string of the molecule is CC.CCc1ccc(NC(=O)C2CCOCC2)nc1. The van der Waals surface area contributed by atoms with Gasteiger partial charge in [-0.3, -0.25) is 4.79 Å². The number of nitrogens with one attached hydrogen (secondary N) is 1. The number of aryl methyl sites for hydroxylation is 1. The highest BCUT2D eigenvalue weighted by molar-refractivity contribution is 5.91. The Labute approximate surface area is 115 Å².